The lowest BCUT2D eigenvalue weighted by Crippen LogP contribution is -2.47. The van der Waals surface area contributed by atoms with Gasteiger partial charge in [-0.15, -0.1) is 0 Å². The van der Waals surface area contributed by atoms with E-state index < -0.39 is 39.5 Å². The summed E-state index contributed by atoms with van der Waals surface area (Å²) in [7, 11) is -2.27. The minimum atomic E-state index is -4.42. The fourth-order valence-electron chi connectivity index (χ4n) is 5.76. The molecule has 0 radical (unpaired) electrons. The van der Waals surface area contributed by atoms with Crippen molar-refractivity contribution in [2.75, 3.05) is 38.1 Å². The summed E-state index contributed by atoms with van der Waals surface area (Å²) in [6.07, 6.45) is -2.91. The van der Waals surface area contributed by atoms with E-state index >= 15 is 0 Å². The molecule has 0 unspecified atom stereocenters. The fraction of sp³-hybridized carbons (Fsp3) is 0.472. The van der Waals surface area contributed by atoms with Gasteiger partial charge in [0.2, 0.25) is 0 Å². The van der Waals surface area contributed by atoms with E-state index in [1.807, 2.05) is 25.8 Å². The van der Waals surface area contributed by atoms with E-state index in [0.29, 0.717) is 31.7 Å². The Morgan fingerprint density at radius 1 is 1.04 bits per heavy atom. The molecule has 1 heterocycles. The molecule has 2 N–H and O–H groups in total. The zero-order valence-electron chi connectivity index (χ0n) is 28.6. The number of carbonyl (C=O) groups excluding carboxylic acids is 1. The standard InChI is InChI=1S/C36H45F4N3O6S/c1-24-20-43(25(2)23-44)35(45)32-19-30(41-50(46,47)31-15-12-29(37)13-16-31)14-17-33(32)49-26(3)7-5-6-18-48-34(24)22-42(4)21-27-8-10-28(11-9-27)36(38,39)40/h8-17,19,24-26,34,41,44H,5-7,18,20-23H2,1-4H3/t24-,25-,26+,34-/m0/s1. The number of aliphatic hydroxyl groups is 1. The number of nitrogens with one attached hydrogen (secondary N) is 1. The van der Waals surface area contributed by atoms with Crippen molar-refractivity contribution in [2.24, 2.45) is 5.92 Å². The number of nitrogens with zero attached hydrogens (tertiary/aromatic N) is 2. The number of likely N-dealkylation sites (N-methyl/N-ethyl adjacent to an activating group) is 1. The van der Waals surface area contributed by atoms with Gasteiger partial charge in [0.25, 0.3) is 15.9 Å². The molecule has 0 aromatic heterocycles. The molecule has 0 spiro atoms. The van der Waals surface area contributed by atoms with Crippen molar-refractivity contribution >= 4 is 21.6 Å². The number of hydrogen-bond acceptors (Lipinski definition) is 7. The molecule has 0 fully saturated rings. The maximum atomic E-state index is 14.3. The number of anilines is 1. The third kappa shape index (κ3) is 10.6. The lowest BCUT2D eigenvalue weighted by Gasteiger charge is -2.36. The summed E-state index contributed by atoms with van der Waals surface area (Å²) in [6.45, 7) is 6.57. The van der Waals surface area contributed by atoms with E-state index in [1.54, 1.807) is 6.92 Å². The summed E-state index contributed by atoms with van der Waals surface area (Å²) in [6, 6.07) is 13.2. The van der Waals surface area contributed by atoms with Crippen LogP contribution in [0, 0.1) is 11.7 Å². The van der Waals surface area contributed by atoms with Crippen molar-refractivity contribution in [3.05, 3.63) is 89.2 Å². The van der Waals surface area contributed by atoms with Gasteiger partial charge in [-0.3, -0.25) is 14.4 Å². The van der Waals surface area contributed by atoms with E-state index in [9.17, 15) is 35.9 Å². The van der Waals surface area contributed by atoms with Crippen LogP contribution in [0.15, 0.2) is 71.6 Å². The van der Waals surface area contributed by atoms with Gasteiger partial charge in [-0.25, -0.2) is 12.8 Å². The van der Waals surface area contributed by atoms with Crippen molar-refractivity contribution in [1.29, 1.82) is 0 Å². The van der Waals surface area contributed by atoms with E-state index in [1.165, 1.54) is 35.2 Å². The minimum Gasteiger partial charge on any atom is -0.490 e. The number of amides is 1. The molecule has 274 valence electrons. The fourth-order valence-corrected chi connectivity index (χ4v) is 6.81. The van der Waals surface area contributed by atoms with Crippen LogP contribution in [-0.2, 0) is 27.5 Å². The predicted molar refractivity (Wildman–Crippen MR) is 182 cm³/mol. The second-order valence-corrected chi connectivity index (χ2v) is 14.6. The second kappa shape index (κ2) is 17.0. The monoisotopic (exact) mass is 723 g/mol. The summed E-state index contributed by atoms with van der Waals surface area (Å²) >= 11 is 0. The largest absolute Gasteiger partial charge is 0.490 e. The molecular formula is C36H45F4N3O6S. The number of carbonyl (C=O) groups is 1. The van der Waals surface area contributed by atoms with Crippen LogP contribution >= 0.6 is 0 Å². The Kier molecular flexibility index (Phi) is 13.3. The maximum absolute atomic E-state index is 14.3. The Bertz CT molecular complexity index is 1670. The topological polar surface area (TPSA) is 108 Å². The minimum absolute atomic E-state index is 0.0922. The van der Waals surface area contributed by atoms with Gasteiger partial charge in [0.1, 0.15) is 11.6 Å². The Morgan fingerprint density at radius 2 is 1.72 bits per heavy atom. The number of aliphatic hydroxyl groups excluding tert-OH is 1. The summed E-state index contributed by atoms with van der Waals surface area (Å²) in [4.78, 5) is 17.6. The van der Waals surface area contributed by atoms with Crippen LogP contribution in [0.2, 0.25) is 0 Å². The van der Waals surface area contributed by atoms with E-state index in [-0.39, 0.29) is 53.2 Å². The summed E-state index contributed by atoms with van der Waals surface area (Å²) in [5, 5.41) is 10.2. The van der Waals surface area contributed by atoms with Crippen LogP contribution in [0.4, 0.5) is 23.2 Å². The third-order valence-corrected chi connectivity index (χ3v) is 10.1. The van der Waals surface area contributed by atoms with E-state index in [2.05, 4.69) is 4.72 Å². The average Bonchev–Trinajstić information content (AvgIpc) is 3.06. The van der Waals surface area contributed by atoms with Gasteiger partial charge in [-0.2, -0.15) is 13.2 Å². The maximum Gasteiger partial charge on any atom is 0.416 e. The number of benzene rings is 3. The average molecular weight is 724 g/mol. The number of rotatable bonds is 9. The predicted octanol–water partition coefficient (Wildman–Crippen LogP) is 6.57. The van der Waals surface area contributed by atoms with Crippen LogP contribution in [0.1, 0.15) is 61.5 Å². The highest BCUT2D eigenvalue weighted by Crippen LogP contribution is 2.31. The van der Waals surface area contributed by atoms with Crippen LogP contribution < -0.4 is 9.46 Å². The van der Waals surface area contributed by atoms with Crippen molar-refractivity contribution in [2.45, 2.75) is 75.9 Å². The first kappa shape index (κ1) is 39.1. The molecule has 1 aliphatic rings. The molecule has 4 rings (SSSR count). The Labute approximate surface area is 291 Å². The molecule has 14 heteroatoms. The first-order valence-corrected chi connectivity index (χ1v) is 18.0. The zero-order valence-corrected chi connectivity index (χ0v) is 29.4. The zero-order chi connectivity index (χ0) is 36.6. The van der Waals surface area contributed by atoms with Gasteiger partial charge < -0.3 is 19.5 Å². The number of ether oxygens (including phenoxy) is 2. The smallest absolute Gasteiger partial charge is 0.416 e. The molecule has 0 aliphatic carbocycles. The first-order valence-electron chi connectivity index (χ1n) is 16.5. The van der Waals surface area contributed by atoms with Gasteiger partial charge in [-0.05, 0) is 100 Å². The van der Waals surface area contributed by atoms with Crippen molar-refractivity contribution in [3.63, 3.8) is 0 Å². The highest BCUT2D eigenvalue weighted by Gasteiger charge is 2.32. The molecule has 0 bridgehead atoms. The Morgan fingerprint density at radius 3 is 2.36 bits per heavy atom. The molecule has 1 aliphatic heterocycles. The summed E-state index contributed by atoms with van der Waals surface area (Å²) < 4.78 is 93.8. The second-order valence-electron chi connectivity index (χ2n) is 13.0. The lowest BCUT2D eigenvalue weighted by atomic mass is 10.0. The number of hydrogen-bond donors (Lipinski definition) is 2. The quantitative estimate of drug-likeness (QED) is 0.241. The highest BCUT2D eigenvalue weighted by molar-refractivity contribution is 7.92. The third-order valence-electron chi connectivity index (χ3n) is 8.65. The van der Waals surface area contributed by atoms with E-state index in [4.69, 9.17) is 9.47 Å². The number of alkyl halides is 3. The molecule has 3 aromatic carbocycles. The van der Waals surface area contributed by atoms with Gasteiger partial charge in [0, 0.05) is 37.8 Å². The lowest BCUT2D eigenvalue weighted by molar-refractivity contribution is -0.137. The Balaban J connectivity index is 1.61. The molecule has 50 heavy (non-hydrogen) atoms. The summed E-state index contributed by atoms with van der Waals surface area (Å²) in [5.41, 5.74) is 0.178. The molecule has 0 saturated carbocycles. The van der Waals surface area contributed by atoms with Crippen LogP contribution in [0.25, 0.3) is 0 Å². The highest BCUT2D eigenvalue weighted by atomic mass is 32.2. The van der Waals surface area contributed by atoms with Crippen LogP contribution in [0.3, 0.4) is 0 Å². The van der Waals surface area contributed by atoms with E-state index in [0.717, 1.165) is 49.2 Å². The number of halogens is 4. The normalized spacial score (nSPS) is 20.5. The van der Waals surface area contributed by atoms with Gasteiger partial charge in [-0.1, -0.05) is 19.1 Å². The SMILES string of the molecule is C[C@@H]1CCCCO[C@@H](CN(C)Cc2ccc(C(F)(F)F)cc2)[C@@H](C)CN([C@@H](C)CO)C(=O)c2cc(NS(=O)(=O)c3ccc(F)cc3)ccc2O1. The van der Waals surface area contributed by atoms with Crippen molar-refractivity contribution < 1.29 is 45.4 Å². The molecule has 0 saturated heterocycles. The molecule has 9 nitrogen and oxygen atoms in total. The molecular weight excluding hydrogens is 678 g/mol. The molecule has 4 atom stereocenters. The van der Waals surface area contributed by atoms with Gasteiger partial charge in [0.05, 0.1) is 40.9 Å². The van der Waals surface area contributed by atoms with Gasteiger partial charge >= 0.3 is 6.18 Å². The van der Waals surface area contributed by atoms with Crippen LogP contribution in [-0.4, -0.2) is 80.8 Å². The van der Waals surface area contributed by atoms with Crippen molar-refractivity contribution in [3.8, 4) is 5.75 Å². The number of fused-ring (bicyclic) bond motifs is 1. The van der Waals surface area contributed by atoms with Crippen molar-refractivity contribution in [1.82, 2.24) is 9.80 Å². The summed E-state index contributed by atoms with van der Waals surface area (Å²) in [5.74, 6) is -1.07. The number of sulfonamides is 1. The molecule has 3 aromatic rings. The molecule has 1 amide bonds. The van der Waals surface area contributed by atoms with Gasteiger partial charge in [0.15, 0.2) is 0 Å². The first-order chi connectivity index (χ1) is 23.6. The Hall–Kier alpha value is -3.72. The van der Waals surface area contributed by atoms with Crippen LogP contribution in [0.5, 0.6) is 5.75 Å².